The van der Waals surface area contributed by atoms with E-state index < -0.39 is 12.1 Å². The molecule has 42 heavy (non-hydrogen) atoms. The van der Waals surface area contributed by atoms with Crippen molar-refractivity contribution in [3.05, 3.63) is 64.8 Å². The molecule has 2 aliphatic rings. The van der Waals surface area contributed by atoms with Gasteiger partial charge in [-0.1, -0.05) is 24.3 Å². The highest BCUT2D eigenvalue weighted by Gasteiger charge is 2.43. The third-order valence-corrected chi connectivity index (χ3v) is 8.19. The van der Waals surface area contributed by atoms with Gasteiger partial charge in [-0.2, -0.15) is 23.3 Å². The van der Waals surface area contributed by atoms with E-state index in [0.717, 1.165) is 45.5 Å². The van der Waals surface area contributed by atoms with Crippen LogP contribution in [0.5, 0.6) is 0 Å². The number of para-hydroxylation sites is 1. The van der Waals surface area contributed by atoms with E-state index >= 15 is 0 Å². The first-order valence-electron chi connectivity index (χ1n) is 14.1. The normalized spacial score (nSPS) is 19.0. The molecule has 9 nitrogen and oxygen atoms in total. The zero-order valence-electron chi connectivity index (χ0n) is 23.4. The number of hydrogen-bond donors (Lipinski definition) is 3. The Labute approximate surface area is 240 Å². The summed E-state index contributed by atoms with van der Waals surface area (Å²) in [4.78, 5) is 22.0. The molecule has 0 atom stereocenters. The van der Waals surface area contributed by atoms with Crippen LogP contribution in [0.3, 0.4) is 0 Å². The molecule has 2 aromatic heterocycles. The third-order valence-electron chi connectivity index (χ3n) is 8.19. The first-order chi connectivity index (χ1) is 20.1. The molecule has 12 heteroatoms. The highest BCUT2D eigenvalue weighted by Crippen LogP contribution is 2.35. The Balaban J connectivity index is 1.31. The lowest BCUT2D eigenvalue weighted by Crippen LogP contribution is -2.43. The first-order valence-corrected chi connectivity index (χ1v) is 14.1. The number of aliphatic hydroxyl groups excluding tert-OH is 1. The molecule has 3 heterocycles. The number of benzene rings is 2. The molecule has 1 aliphatic carbocycles. The highest BCUT2D eigenvalue weighted by atomic mass is 19.4. The van der Waals surface area contributed by atoms with E-state index in [1.165, 1.54) is 0 Å². The smallest absolute Gasteiger partial charge is 0.393 e. The minimum Gasteiger partial charge on any atom is -0.393 e. The van der Waals surface area contributed by atoms with Crippen LogP contribution in [0.25, 0.3) is 11.0 Å². The van der Waals surface area contributed by atoms with Crippen molar-refractivity contribution < 1.29 is 23.1 Å². The van der Waals surface area contributed by atoms with E-state index in [2.05, 4.69) is 15.6 Å². The number of aromatic nitrogens is 4. The number of aliphatic hydroxyl groups is 1. The van der Waals surface area contributed by atoms with Gasteiger partial charge in [0.2, 0.25) is 5.95 Å². The molecule has 1 fully saturated rings. The molecular weight excluding hydrogens is 547 g/mol. The van der Waals surface area contributed by atoms with Crippen LogP contribution >= 0.6 is 0 Å². The van der Waals surface area contributed by atoms with Crippen molar-refractivity contribution in [3.63, 3.8) is 0 Å². The fourth-order valence-electron chi connectivity index (χ4n) is 5.88. The minimum absolute atomic E-state index is 0.0263. The van der Waals surface area contributed by atoms with Gasteiger partial charge in [-0.05, 0) is 80.3 Å². The number of nitrogens with zero attached hydrogens (tertiary/aromatic N) is 5. The largest absolute Gasteiger partial charge is 0.471 e. The van der Waals surface area contributed by atoms with Crippen LogP contribution in [-0.4, -0.2) is 54.5 Å². The Kier molecular flexibility index (Phi) is 7.25. The van der Waals surface area contributed by atoms with Gasteiger partial charge < -0.3 is 20.6 Å². The predicted molar refractivity (Wildman–Crippen MR) is 153 cm³/mol. The number of carbonyl (C=O) groups is 1. The van der Waals surface area contributed by atoms with Gasteiger partial charge in [0, 0.05) is 30.7 Å². The molecule has 0 spiro atoms. The number of fused-ring (bicyclic) bond motifs is 2. The summed E-state index contributed by atoms with van der Waals surface area (Å²) in [5.41, 5.74) is 5.94. The molecule has 1 amide bonds. The Hall–Kier alpha value is -4.19. The van der Waals surface area contributed by atoms with Gasteiger partial charge in [-0.3, -0.25) is 4.79 Å². The van der Waals surface area contributed by atoms with Gasteiger partial charge in [0.05, 0.1) is 17.5 Å². The van der Waals surface area contributed by atoms with E-state index in [-0.39, 0.29) is 25.2 Å². The SMILES string of the molecule is Cc1cccc(C)c1Nc1nn(C2CCC(O)CC2)c2nc(Nc3ccc4c(c3)CN(C(=O)C(F)(F)F)CC4)ncc12. The van der Waals surface area contributed by atoms with Crippen molar-refractivity contribution in [3.8, 4) is 0 Å². The number of alkyl halides is 3. The summed E-state index contributed by atoms with van der Waals surface area (Å²) in [6, 6.07) is 11.6. The van der Waals surface area contributed by atoms with Gasteiger partial charge in [0.25, 0.3) is 0 Å². The molecule has 3 N–H and O–H groups in total. The quantitative estimate of drug-likeness (QED) is 0.272. The van der Waals surface area contributed by atoms with Crippen LogP contribution in [0.1, 0.15) is 54.0 Å². The molecule has 0 radical (unpaired) electrons. The van der Waals surface area contributed by atoms with Crippen molar-refractivity contribution in [2.45, 2.75) is 70.8 Å². The van der Waals surface area contributed by atoms with Crippen LogP contribution in [0, 0.1) is 13.8 Å². The summed E-state index contributed by atoms with van der Waals surface area (Å²) >= 11 is 0. The highest BCUT2D eigenvalue weighted by molar-refractivity contribution is 5.90. The number of carbonyl (C=O) groups excluding carboxylic acids is 1. The average molecular weight is 580 g/mol. The molecule has 1 aliphatic heterocycles. The van der Waals surface area contributed by atoms with Crippen molar-refractivity contribution in [1.82, 2.24) is 24.6 Å². The maximum absolute atomic E-state index is 13.0. The molecule has 1 saturated carbocycles. The number of halogens is 3. The monoisotopic (exact) mass is 579 g/mol. The van der Waals surface area contributed by atoms with Gasteiger partial charge in [0.15, 0.2) is 11.5 Å². The summed E-state index contributed by atoms with van der Waals surface area (Å²) in [6.45, 7) is 3.98. The summed E-state index contributed by atoms with van der Waals surface area (Å²) < 4.78 is 40.9. The van der Waals surface area contributed by atoms with Gasteiger partial charge in [-0.15, -0.1) is 0 Å². The van der Waals surface area contributed by atoms with Crippen molar-refractivity contribution in [2.75, 3.05) is 17.2 Å². The molecule has 0 saturated heterocycles. The molecule has 6 rings (SSSR count). The maximum Gasteiger partial charge on any atom is 0.471 e. The maximum atomic E-state index is 13.0. The molecular formula is C30H32F3N7O2. The second kappa shape index (κ2) is 10.9. The zero-order chi connectivity index (χ0) is 29.6. The Morgan fingerprint density at radius 3 is 2.48 bits per heavy atom. The van der Waals surface area contributed by atoms with Crippen molar-refractivity contribution in [1.29, 1.82) is 0 Å². The standard InChI is InChI=1S/C30H32F3N7O2/c1-17-4-3-5-18(2)25(17)36-26-24-15-34-29(37-27(24)40(38-26)22-8-10-23(41)11-9-22)35-21-7-6-19-12-13-39(16-20(19)14-21)28(42)30(31,32)33/h3-7,14-15,22-23,41H,8-13,16H2,1-2H3,(H,36,38)(H,34,35,37). The van der Waals surface area contributed by atoms with Crippen molar-refractivity contribution in [2.24, 2.45) is 0 Å². The van der Waals surface area contributed by atoms with Crippen molar-refractivity contribution >= 4 is 40.1 Å². The van der Waals surface area contributed by atoms with Gasteiger partial charge >= 0.3 is 12.1 Å². The van der Waals surface area contributed by atoms with E-state index in [1.807, 2.05) is 48.9 Å². The number of amides is 1. The summed E-state index contributed by atoms with van der Waals surface area (Å²) in [5, 5.41) is 22.4. The van der Waals surface area contributed by atoms with Crippen LogP contribution in [0.4, 0.5) is 36.3 Å². The van der Waals surface area contributed by atoms with Crippen LogP contribution < -0.4 is 10.6 Å². The second-order valence-electron chi connectivity index (χ2n) is 11.2. The van der Waals surface area contributed by atoms with E-state index in [4.69, 9.17) is 10.1 Å². The number of aryl methyl sites for hydroxylation is 2. The fraction of sp³-hybridized carbons (Fsp3) is 0.400. The van der Waals surface area contributed by atoms with Gasteiger partial charge in [0.1, 0.15) is 0 Å². The third kappa shape index (κ3) is 5.50. The first kappa shape index (κ1) is 28.0. The van der Waals surface area contributed by atoms with Gasteiger partial charge in [-0.25, -0.2) is 9.67 Å². The molecule has 0 bridgehead atoms. The van der Waals surface area contributed by atoms with E-state index in [0.29, 0.717) is 47.9 Å². The second-order valence-corrected chi connectivity index (χ2v) is 11.2. The molecule has 220 valence electrons. The number of rotatable bonds is 5. The topological polar surface area (TPSA) is 108 Å². The molecule has 2 aromatic carbocycles. The number of anilines is 4. The zero-order valence-corrected chi connectivity index (χ0v) is 23.4. The predicted octanol–water partition coefficient (Wildman–Crippen LogP) is 5.85. The summed E-state index contributed by atoms with van der Waals surface area (Å²) in [5.74, 6) is -0.866. The molecule has 4 aromatic rings. The van der Waals surface area contributed by atoms with Crippen LogP contribution in [-0.2, 0) is 17.8 Å². The summed E-state index contributed by atoms with van der Waals surface area (Å²) in [7, 11) is 0. The average Bonchev–Trinajstić information content (AvgIpc) is 3.31. The van der Waals surface area contributed by atoms with E-state index in [1.54, 1.807) is 12.3 Å². The van der Waals surface area contributed by atoms with E-state index in [9.17, 15) is 23.1 Å². The minimum atomic E-state index is -4.90. The summed E-state index contributed by atoms with van der Waals surface area (Å²) in [6.07, 6.45) is -0.239. The number of nitrogens with one attached hydrogen (secondary N) is 2. The lowest BCUT2D eigenvalue weighted by molar-refractivity contribution is -0.186. The van der Waals surface area contributed by atoms with Crippen LogP contribution in [0.2, 0.25) is 0 Å². The fourth-order valence-corrected chi connectivity index (χ4v) is 5.88. The number of hydrogen-bond acceptors (Lipinski definition) is 7. The van der Waals surface area contributed by atoms with Crippen LogP contribution in [0.15, 0.2) is 42.6 Å². The molecule has 0 unspecified atom stereocenters. The Morgan fingerprint density at radius 1 is 1.02 bits per heavy atom. The lowest BCUT2D eigenvalue weighted by atomic mass is 9.93. The lowest BCUT2D eigenvalue weighted by Gasteiger charge is -2.29. The Morgan fingerprint density at radius 2 is 1.76 bits per heavy atom. The Bertz CT molecular complexity index is 1620.